The largest absolute Gasteiger partial charge is 0.497 e. The number of hydrogen-bond acceptors (Lipinski definition) is 7. The molecule has 2 rings (SSSR count). The second kappa shape index (κ2) is 42.9. The van der Waals surface area contributed by atoms with Gasteiger partial charge in [0.25, 0.3) is 0 Å². The highest BCUT2D eigenvalue weighted by Gasteiger charge is 2.12. The minimum Gasteiger partial charge on any atom is -0.497 e. The van der Waals surface area contributed by atoms with E-state index in [1.807, 2.05) is 92.6 Å². The molecule has 298 valence electrons. The normalized spacial score (nSPS) is 12.2. The van der Waals surface area contributed by atoms with E-state index in [0.29, 0.717) is 18.3 Å². The topological polar surface area (TPSA) is 64.6 Å². The summed E-state index contributed by atoms with van der Waals surface area (Å²) in [5.74, 6) is 0.910. The first-order chi connectivity index (χ1) is 23.0. The van der Waals surface area contributed by atoms with Crippen LogP contribution in [0.5, 0.6) is 5.75 Å². The fourth-order valence-electron chi connectivity index (χ4n) is 3.17. The molecule has 0 saturated heterocycles. The molecule has 0 unspecified atom stereocenters. The van der Waals surface area contributed by atoms with Crippen LogP contribution < -0.4 is 4.74 Å². The van der Waals surface area contributed by atoms with Crippen LogP contribution in [0.15, 0.2) is 30.3 Å². The zero-order valence-electron chi connectivity index (χ0n) is 36.2. The minimum atomic E-state index is 0.0417. The average Bonchev–Trinajstić information content (AvgIpc) is 3.61. The van der Waals surface area contributed by atoms with E-state index in [1.54, 1.807) is 28.4 Å². The summed E-state index contributed by atoms with van der Waals surface area (Å²) in [5, 5.41) is 0. The fraction of sp³-hybridized carbons (Fsp3) is 0.857. The van der Waals surface area contributed by atoms with Gasteiger partial charge in [-0.25, -0.2) is 0 Å². The Labute approximate surface area is 307 Å². The van der Waals surface area contributed by atoms with E-state index in [9.17, 15) is 0 Å². The zero-order valence-corrected chi connectivity index (χ0v) is 36.2. The molecule has 0 aromatic heterocycles. The van der Waals surface area contributed by atoms with E-state index >= 15 is 0 Å². The van der Waals surface area contributed by atoms with Crippen molar-refractivity contribution in [2.45, 2.75) is 184 Å². The van der Waals surface area contributed by atoms with E-state index in [2.05, 4.69) is 34.6 Å². The van der Waals surface area contributed by atoms with Gasteiger partial charge in [-0.1, -0.05) is 64.7 Å². The quantitative estimate of drug-likeness (QED) is 0.179. The molecule has 7 heteroatoms. The number of para-hydroxylation sites is 1. The molecule has 1 aliphatic rings. The van der Waals surface area contributed by atoms with Gasteiger partial charge in [0.05, 0.1) is 36.6 Å². The molecule has 0 bridgehead atoms. The summed E-state index contributed by atoms with van der Waals surface area (Å²) >= 11 is 0. The van der Waals surface area contributed by atoms with E-state index in [-0.39, 0.29) is 11.2 Å². The maximum Gasteiger partial charge on any atom is 0.118 e. The third-order valence-electron chi connectivity index (χ3n) is 6.87. The van der Waals surface area contributed by atoms with Crippen LogP contribution in [0.4, 0.5) is 0 Å². The maximum absolute atomic E-state index is 5.31. The SMILES string of the molecule is CC(C)OC(C)C.CCC(C)(C)OC.CCCCOCCCC.CCOCC.COC(C)(C)C.COC1CCCC1.COc1ccccc1. The van der Waals surface area contributed by atoms with E-state index in [1.165, 1.54) is 51.4 Å². The molecular weight excluding hydrogens is 616 g/mol. The van der Waals surface area contributed by atoms with Crippen LogP contribution in [0.3, 0.4) is 0 Å². The van der Waals surface area contributed by atoms with Crippen molar-refractivity contribution < 1.29 is 33.2 Å². The van der Waals surface area contributed by atoms with Gasteiger partial charge < -0.3 is 33.2 Å². The summed E-state index contributed by atoms with van der Waals surface area (Å²) in [6, 6.07) is 9.68. The Morgan fingerprint density at radius 1 is 0.653 bits per heavy atom. The molecule has 0 heterocycles. The van der Waals surface area contributed by atoms with Crippen molar-refractivity contribution in [1.82, 2.24) is 0 Å². The summed E-state index contributed by atoms with van der Waals surface area (Å²) in [4.78, 5) is 0. The van der Waals surface area contributed by atoms with E-state index in [0.717, 1.165) is 38.6 Å². The molecule has 0 radical (unpaired) electrons. The first-order valence-corrected chi connectivity index (χ1v) is 19.0. The Morgan fingerprint density at radius 2 is 1.08 bits per heavy atom. The lowest BCUT2D eigenvalue weighted by Gasteiger charge is -2.19. The van der Waals surface area contributed by atoms with Gasteiger partial charge in [0.15, 0.2) is 0 Å². The zero-order chi connectivity index (χ0) is 39.0. The fourth-order valence-corrected chi connectivity index (χ4v) is 3.17. The maximum atomic E-state index is 5.31. The molecule has 0 spiro atoms. The Kier molecular flexibility index (Phi) is 50.1. The van der Waals surface area contributed by atoms with Gasteiger partial charge in [0.1, 0.15) is 5.75 Å². The summed E-state index contributed by atoms with van der Waals surface area (Å²) in [5.41, 5.74) is 0.125. The van der Waals surface area contributed by atoms with E-state index < -0.39 is 0 Å². The number of hydrogen-bond donors (Lipinski definition) is 0. The smallest absolute Gasteiger partial charge is 0.118 e. The lowest BCUT2D eigenvalue weighted by Crippen LogP contribution is -2.20. The van der Waals surface area contributed by atoms with Crippen LogP contribution in [-0.4, -0.2) is 84.4 Å². The van der Waals surface area contributed by atoms with Crippen LogP contribution in [0, 0.1) is 0 Å². The molecular formula is C42H88O7. The Bertz CT molecular complexity index is 662. The monoisotopic (exact) mass is 705 g/mol. The van der Waals surface area contributed by atoms with Crippen molar-refractivity contribution in [2.75, 3.05) is 54.9 Å². The molecule has 1 saturated carbocycles. The summed E-state index contributed by atoms with van der Waals surface area (Å²) < 4.78 is 35.4. The molecule has 1 aliphatic carbocycles. The molecule has 0 N–H and O–H groups in total. The van der Waals surface area contributed by atoms with Gasteiger partial charge >= 0.3 is 0 Å². The highest BCUT2D eigenvalue weighted by atomic mass is 16.5. The minimum absolute atomic E-state index is 0.0417. The van der Waals surface area contributed by atoms with Crippen molar-refractivity contribution in [2.24, 2.45) is 0 Å². The van der Waals surface area contributed by atoms with Gasteiger partial charge in [-0.15, -0.1) is 0 Å². The summed E-state index contributed by atoms with van der Waals surface area (Å²) in [7, 11) is 6.91. The van der Waals surface area contributed by atoms with Crippen LogP contribution >= 0.6 is 0 Å². The number of ether oxygens (including phenoxy) is 7. The predicted octanol–water partition coefficient (Wildman–Crippen LogP) is 12.0. The highest BCUT2D eigenvalue weighted by molar-refractivity contribution is 5.20. The van der Waals surface area contributed by atoms with Crippen LogP contribution in [0.25, 0.3) is 0 Å². The van der Waals surface area contributed by atoms with Gasteiger partial charge in [-0.05, 0) is 120 Å². The van der Waals surface area contributed by atoms with Crippen LogP contribution in [0.1, 0.15) is 155 Å². The lowest BCUT2D eigenvalue weighted by atomic mass is 10.1. The molecule has 0 amide bonds. The lowest BCUT2D eigenvalue weighted by molar-refractivity contribution is 0.0196. The number of rotatable bonds is 14. The molecule has 0 aliphatic heterocycles. The second-order valence-electron chi connectivity index (χ2n) is 13.6. The number of unbranched alkanes of at least 4 members (excludes halogenated alkanes) is 2. The Morgan fingerprint density at radius 3 is 1.24 bits per heavy atom. The third kappa shape index (κ3) is 62.4. The Balaban J connectivity index is -0.000000155. The van der Waals surface area contributed by atoms with Crippen molar-refractivity contribution >= 4 is 0 Å². The summed E-state index contributed by atoms with van der Waals surface area (Å²) in [6.45, 7) is 32.4. The average molecular weight is 705 g/mol. The van der Waals surface area contributed by atoms with Crippen molar-refractivity contribution in [1.29, 1.82) is 0 Å². The van der Waals surface area contributed by atoms with Crippen molar-refractivity contribution in [3.8, 4) is 5.75 Å². The number of methoxy groups -OCH3 is 4. The van der Waals surface area contributed by atoms with Gasteiger partial charge in [-0.2, -0.15) is 0 Å². The van der Waals surface area contributed by atoms with Crippen molar-refractivity contribution in [3.05, 3.63) is 30.3 Å². The Hall–Kier alpha value is -1.22. The third-order valence-corrected chi connectivity index (χ3v) is 6.87. The first kappa shape index (κ1) is 57.1. The van der Waals surface area contributed by atoms with Gasteiger partial charge in [-0.3, -0.25) is 0 Å². The molecule has 0 atom stereocenters. The predicted molar refractivity (Wildman–Crippen MR) is 215 cm³/mol. The second-order valence-corrected chi connectivity index (χ2v) is 13.6. The molecule has 1 aromatic rings. The molecule has 1 fully saturated rings. The molecule has 49 heavy (non-hydrogen) atoms. The molecule has 1 aromatic carbocycles. The van der Waals surface area contributed by atoms with Gasteiger partial charge in [0, 0.05) is 47.8 Å². The first-order valence-electron chi connectivity index (χ1n) is 19.0. The number of benzene rings is 1. The van der Waals surface area contributed by atoms with Crippen molar-refractivity contribution in [3.63, 3.8) is 0 Å². The highest BCUT2D eigenvalue weighted by Crippen LogP contribution is 2.19. The standard InChI is InChI=1S/C8H18O.C7H8O.C6H12O.2C6H14O.C5H12O.C4H10O/c1-3-5-7-9-8-6-4-2;1-8-7-5-3-2-4-6-7;1-7-6-4-2-3-5-6;1-5-6(2,3)7-4;1-5(2)7-6(3)4;1-5(2,3)6-4;1-3-5-4-2/h3-8H2,1-2H3;2-6H,1H3;6H,2-5H2,1H3;5H2,1-4H3;5-6H,1-4H3;1-4H3;3-4H2,1-2H3. The van der Waals surface area contributed by atoms with Crippen LogP contribution in [-0.2, 0) is 28.4 Å². The molecule has 7 nitrogen and oxygen atoms in total. The van der Waals surface area contributed by atoms with E-state index in [4.69, 9.17) is 33.2 Å². The van der Waals surface area contributed by atoms with Crippen LogP contribution in [0.2, 0.25) is 0 Å². The van der Waals surface area contributed by atoms with Gasteiger partial charge in [0.2, 0.25) is 0 Å². The summed E-state index contributed by atoms with van der Waals surface area (Å²) in [6.07, 6.45) is 12.7.